The highest BCUT2D eigenvalue weighted by Gasteiger charge is 2.20. The molecule has 2 N–H and O–H groups in total. The summed E-state index contributed by atoms with van der Waals surface area (Å²) in [5.41, 5.74) is 0.903. The van der Waals surface area contributed by atoms with Gasteiger partial charge in [0.1, 0.15) is 0 Å². The smallest absolute Gasteiger partial charge is 0.283 e. The van der Waals surface area contributed by atoms with Crippen molar-refractivity contribution in [1.82, 2.24) is 14.9 Å². The second kappa shape index (κ2) is 5.53. The Balaban J connectivity index is 1.98. The lowest BCUT2D eigenvalue weighted by Gasteiger charge is -2.04. The summed E-state index contributed by atoms with van der Waals surface area (Å²) < 4.78 is 6.47. The van der Waals surface area contributed by atoms with Crippen molar-refractivity contribution in [3.8, 4) is 11.6 Å². The van der Waals surface area contributed by atoms with Crippen molar-refractivity contribution in [2.24, 2.45) is 0 Å². The fourth-order valence-corrected chi connectivity index (χ4v) is 2.83. The second-order valence-electron chi connectivity index (χ2n) is 4.48. The van der Waals surface area contributed by atoms with Gasteiger partial charge in [0.05, 0.1) is 16.1 Å². The molecule has 0 fully saturated rings. The number of aryl methyl sites for hydroxylation is 1. The van der Waals surface area contributed by atoms with Crippen LogP contribution in [0.3, 0.4) is 0 Å². The zero-order chi connectivity index (χ0) is 15.7. The molecule has 0 aliphatic rings. The van der Waals surface area contributed by atoms with Gasteiger partial charge in [0, 0.05) is 6.07 Å². The molecule has 1 aromatic carbocycles. The van der Waals surface area contributed by atoms with E-state index in [-0.39, 0.29) is 5.69 Å². The first-order valence-corrected chi connectivity index (χ1v) is 7.05. The van der Waals surface area contributed by atoms with E-state index in [0.717, 1.165) is 17.3 Å². The molecule has 0 amide bonds. The molecule has 0 aliphatic heterocycles. The Morgan fingerprint density at radius 3 is 2.86 bits per heavy atom. The fourth-order valence-electron chi connectivity index (χ4n) is 1.87. The number of furan rings is 1. The van der Waals surface area contributed by atoms with Crippen LogP contribution in [0.4, 0.5) is 5.69 Å². The maximum atomic E-state index is 11.1. The first-order valence-electron chi connectivity index (χ1n) is 6.23. The average molecular weight is 317 g/mol. The number of nitrogen functional groups attached to an aromatic ring is 1. The van der Waals surface area contributed by atoms with Crippen LogP contribution in [0.25, 0.3) is 11.6 Å². The first kappa shape index (κ1) is 14.1. The number of aromatic nitrogens is 3. The molecule has 112 valence electrons. The van der Waals surface area contributed by atoms with E-state index in [1.54, 1.807) is 24.3 Å². The molecule has 0 atom stereocenters. The van der Waals surface area contributed by atoms with Gasteiger partial charge in [0.25, 0.3) is 5.69 Å². The maximum Gasteiger partial charge on any atom is 0.283 e. The van der Waals surface area contributed by atoms with Gasteiger partial charge < -0.3 is 10.3 Å². The lowest BCUT2D eigenvalue weighted by molar-refractivity contribution is -0.387. The minimum atomic E-state index is -0.438. The highest BCUT2D eigenvalue weighted by Crippen LogP contribution is 2.35. The predicted octanol–water partition coefficient (Wildman–Crippen LogP) is 2.62. The van der Waals surface area contributed by atoms with E-state index in [1.807, 2.05) is 6.92 Å². The normalized spacial score (nSPS) is 10.8. The molecule has 8 nitrogen and oxygen atoms in total. The third kappa shape index (κ3) is 2.53. The molecule has 2 aromatic heterocycles. The van der Waals surface area contributed by atoms with Crippen LogP contribution in [0.15, 0.2) is 51.1 Å². The minimum absolute atomic E-state index is 0.00171. The Labute approximate surface area is 129 Å². The zero-order valence-electron chi connectivity index (χ0n) is 11.5. The molecular weight excluding hydrogens is 306 g/mol. The molecule has 0 bridgehead atoms. The molecule has 22 heavy (non-hydrogen) atoms. The van der Waals surface area contributed by atoms with E-state index >= 15 is 0 Å². The van der Waals surface area contributed by atoms with Crippen molar-refractivity contribution >= 4 is 17.4 Å². The van der Waals surface area contributed by atoms with Crippen molar-refractivity contribution in [3.05, 3.63) is 52.3 Å². The molecule has 3 rings (SSSR count). The summed E-state index contributed by atoms with van der Waals surface area (Å²) in [6.07, 6.45) is 1.50. The SMILES string of the molecule is Cc1ccc([N+](=O)[O-])c(Sc2nnc(-c3ccco3)n2N)c1. The zero-order valence-corrected chi connectivity index (χ0v) is 12.3. The molecule has 0 saturated heterocycles. The van der Waals surface area contributed by atoms with Crippen LogP contribution >= 0.6 is 11.8 Å². The van der Waals surface area contributed by atoms with Gasteiger partial charge >= 0.3 is 0 Å². The Hall–Kier alpha value is -2.81. The lowest BCUT2D eigenvalue weighted by atomic mass is 10.2. The second-order valence-corrected chi connectivity index (χ2v) is 5.49. The van der Waals surface area contributed by atoms with Gasteiger partial charge in [-0.2, -0.15) is 0 Å². The van der Waals surface area contributed by atoms with Crippen LogP contribution in [-0.4, -0.2) is 19.8 Å². The summed E-state index contributed by atoms with van der Waals surface area (Å²) >= 11 is 1.08. The third-order valence-corrected chi connectivity index (χ3v) is 3.93. The molecular formula is C13H11N5O3S. The molecule has 0 aliphatic carbocycles. The monoisotopic (exact) mass is 317 g/mol. The summed E-state index contributed by atoms with van der Waals surface area (Å²) in [6, 6.07) is 8.27. The lowest BCUT2D eigenvalue weighted by Crippen LogP contribution is -2.11. The van der Waals surface area contributed by atoms with E-state index in [2.05, 4.69) is 10.2 Å². The van der Waals surface area contributed by atoms with Crippen LogP contribution in [0.1, 0.15) is 5.56 Å². The summed E-state index contributed by atoms with van der Waals surface area (Å²) in [6.45, 7) is 1.86. The molecule has 3 aromatic rings. The molecule has 2 heterocycles. The molecule has 9 heteroatoms. The van der Waals surface area contributed by atoms with Crippen molar-refractivity contribution < 1.29 is 9.34 Å². The summed E-state index contributed by atoms with van der Waals surface area (Å²) in [5, 5.41) is 19.4. The Morgan fingerprint density at radius 2 is 2.18 bits per heavy atom. The van der Waals surface area contributed by atoms with Crippen molar-refractivity contribution in [2.45, 2.75) is 17.0 Å². The van der Waals surface area contributed by atoms with Crippen LogP contribution in [0.2, 0.25) is 0 Å². The number of hydrogen-bond donors (Lipinski definition) is 1. The van der Waals surface area contributed by atoms with Gasteiger partial charge in [0.2, 0.25) is 11.0 Å². The van der Waals surface area contributed by atoms with Crippen LogP contribution in [0.5, 0.6) is 0 Å². The largest absolute Gasteiger partial charge is 0.461 e. The van der Waals surface area contributed by atoms with E-state index in [9.17, 15) is 10.1 Å². The molecule has 0 saturated carbocycles. The topological polar surface area (TPSA) is 113 Å². The fraction of sp³-hybridized carbons (Fsp3) is 0.0769. The molecule has 0 unspecified atom stereocenters. The Kier molecular flexibility index (Phi) is 3.55. The van der Waals surface area contributed by atoms with E-state index in [4.69, 9.17) is 10.3 Å². The molecule has 0 radical (unpaired) electrons. The van der Waals surface area contributed by atoms with E-state index in [1.165, 1.54) is 17.0 Å². The predicted molar refractivity (Wildman–Crippen MR) is 79.8 cm³/mol. The number of nitro benzene ring substituents is 1. The van der Waals surface area contributed by atoms with E-state index in [0.29, 0.717) is 21.6 Å². The summed E-state index contributed by atoms with van der Waals surface area (Å²) in [4.78, 5) is 11.1. The van der Waals surface area contributed by atoms with Gasteiger partial charge in [-0.1, -0.05) is 6.07 Å². The Bertz CT molecular complexity index is 828. The number of nitro groups is 1. The minimum Gasteiger partial charge on any atom is -0.461 e. The van der Waals surface area contributed by atoms with Crippen LogP contribution in [-0.2, 0) is 0 Å². The number of nitrogens with zero attached hydrogens (tertiary/aromatic N) is 4. The quantitative estimate of drug-likeness (QED) is 0.447. The van der Waals surface area contributed by atoms with Gasteiger partial charge in [-0.3, -0.25) is 10.1 Å². The van der Waals surface area contributed by atoms with Gasteiger partial charge in [-0.15, -0.1) is 10.2 Å². The van der Waals surface area contributed by atoms with Gasteiger partial charge in [-0.05, 0) is 42.4 Å². The first-order chi connectivity index (χ1) is 10.6. The summed E-state index contributed by atoms with van der Waals surface area (Å²) in [7, 11) is 0. The highest BCUT2D eigenvalue weighted by atomic mass is 32.2. The van der Waals surface area contributed by atoms with Crippen molar-refractivity contribution in [2.75, 3.05) is 5.84 Å². The van der Waals surface area contributed by atoms with Crippen molar-refractivity contribution in [3.63, 3.8) is 0 Å². The number of hydrogen-bond acceptors (Lipinski definition) is 7. The van der Waals surface area contributed by atoms with Crippen LogP contribution < -0.4 is 5.84 Å². The Morgan fingerprint density at radius 1 is 1.36 bits per heavy atom. The molecule has 0 spiro atoms. The number of rotatable bonds is 4. The number of nitrogens with two attached hydrogens (primary N) is 1. The van der Waals surface area contributed by atoms with E-state index < -0.39 is 4.92 Å². The van der Waals surface area contributed by atoms with Crippen LogP contribution in [0, 0.1) is 17.0 Å². The number of benzene rings is 1. The highest BCUT2D eigenvalue weighted by molar-refractivity contribution is 7.99. The average Bonchev–Trinajstić information content (AvgIpc) is 3.10. The maximum absolute atomic E-state index is 11.1. The summed E-state index contributed by atoms with van der Waals surface area (Å²) in [5.74, 6) is 6.77. The van der Waals surface area contributed by atoms with Gasteiger partial charge in [0.15, 0.2) is 5.76 Å². The van der Waals surface area contributed by atoms with Crippen molar-refractivity contribution in [1.29, 1.82) is 0 Å². The third-order valence-electron chi connectivity index (χ3n) is 2.92. The van der Waals surface area contributed by atoms with Gasteiger partial charge in [-0.25, -0.2) is 4.68 Å². The standard InChI is InChI=1S/C13H11N5O3S/c1-8-4-5-9(18(19)20)11(7-8)22-13-16-15-12(17(13)14)10-3-2-6-21-10/h2-7H,14H2,1H3.